The van der Waals surface area contributed by atoms with E-state index in [-0.39, 0.29) is 0 Å². The summed E-state index contributed by atoms with van der Waals surface area (Å²) < 4.78 is 1.77. The van der Waals surface area contributed by atoms with E-state index in [2.05, 4.69) is 47.7 Å². The summed E-state index contributed by atoms with van der Waals surface area (Å²) in [4.78, 5) is 0. The molecule has 16 heavy (non-hydrogen) atoms. The molecular weight excluding hydrogens is 200 g/mol. The maximum atomic E-state index is 3.89. The quantitative estimate of drug-likeness (QED) is 0.853. The molecule has 0 radical (unpaired) electrons. The van der Waals surface area contributed by atoms with E-state index in [1.54, 1.807) is 10.9 Å². The van der Waals surface area contributed by atoms with Crippen LogP contribution < -0.4 is 5.32 Å². The van der Waals surface area contributed by atoms with Gasteiger partial charge in [-0.2, -0.15) is 0 Å². The molecule has 1 N–H and O–H groups in total. The van der Waals surface area contributed by atoms with E-state index in [0.29, 0.717) is 0 Å². The molecule has 84 valence electrons. The maximum absolute atomic E-state index is 3.89. The number of anilines is 1. The van der Waals surface area contributed by atoms with Gasteiger partial charge in [0.05, 0.1) is 18.4 Å². The van der Waals surface area contributed by atoms with Crippen LogP contribution in [0.25, 0.3) is 0 Å². The molecule has 0 amide bonds. The second kappa shape index (κ2) is 4.35. The fourth-order valence-corrected chi connectivity index (χ4v) is 1.51. The van der Waals surface area contributed by atoms with Crippen molar-refractivity contribution in [2.75, 3.05) is 5.32 Å². The Morgan fingerprint density at radius 3 is 2.69 bits per heavy atom. The second-order valence-corrected chi connectivity index (χ2v) is 4.00. The predicted octanol–water partition coefficient (Wildman–Crippen LogP) is 2.04. The summed E-state index contributed by atoms with van der Waals surface area (Å²) in [6.07, 6.45) is 1.77. The first-order chi connectivity index (χ1) is 7.66. The molecule has 1 aromatic carbocycles. The standard InChI is InChI=1S/C12H16N4/c1-9-4-5-11(6-10(9)2)13-7-12-8-14-15-16(12)3/h4-6,8,13H,7H2,1-3H3. The Balaban J connectivity index is 2.05. The molecule has 0 unspecified atom stereocenters. The molecule has 1 heterocycles. The Labute approximate surface area is 95.3 Å². The lowest BCUT2D eigenvalue weighted by Crippen LogP contribution is -2.05. The minimum Gasteiger partial charge on any atom is -0.379 e. The van der Waals surface area contributed by atoms with E-state index in [0.717, 1.165) is 17.9 Å². The average Bonchev–Trinajstić information content (AvgIpc) is 2.66. The van der Waals surface area contributed by atoms with E-state index in [1.165, 1.54) is 11.1 Å². The van der Waals surface area contributed by atoms with E-state index in [9.17, 15) is 0 Å². The zero-order valence-electron chi connectivity index (χ0n) is 9.86. The number of hydrogen-bond acceptors (Lipinski definition) is 3. The Hall–Kier alpha value is -1.84. The summed E-state index contributed by atoms with van der Waals surface area (Å²) in [5.74, 6) is 0. The van der Waals surface area contributed by atoms with Crippen LogP contribution in [0, 0.1) is 13.8 Å². The third-order valence-corrected chi connectivity index (χ3v) is 2.79. The summed E-state index contributed by atoms with van der Waals surface area (Å²) in [7, 11) is 1.89. The van der Waals surface area contributed by atoms with Gasteiger partial charge in [-0.05, 0) is 37.1 Å². The molecule has 4 nitrogen and oxygen atoms in total. The summed E-state index contributed by atoms with van der Waals surface area (Å²) in [5.41, 5.74) is 4.81. The first-order valence-corrected chi connectivity index (χ1v) is 5.31. The molecule has 2 rings (SSSR count). The fraction of sp³-hybridized carbons (Fsp3) is 0.333. The van der Waals surface area contributed by atoms with Crippen molar-refractivity contribution in [2.24, 2.45) is 7.05 Å². The largest absolute Gasteiger partial charge is 0.379 e. The van der Waals surface area contributed by atoms with Gasteiger partial charge in [-0.3, -0.25) is 4.68 Å². The smallest absolute Gasteiger partial charge is 0.0774 e. The maximum Gasteiger partial charge on any atom is 0.0774 e. The van der Waals surface area contributed by atoms with E-state index in [1.807, 2.05) is 7.05 Å². The van der Waals surface area contributed by atoms with Crippen LogP contribution >= 0.6 is 0 Å². The van der Waals surface area contributed by atoms with Crippen molar-refractivity contribution >= 4 is 5.69 Å². The number of hydrogen-bond donors (Lipinski definition) is 1. The molecule has 0 fully saturated rings. The summed E-state index contributed by atoms with van der Waals surface area (Å²) in [5, 5.41) is 11.1. The third kappa shape index (κ3) is 2.21. The first-order valence-electron chi connectivity index (χ1n) is 5.31. The SMILES string of the molecule is Cc1ccc(NCc2cnnn2C)cc1C. The van der Waals surface area contributed by atoms with Gasteiger partial charge in [-0.1, -0.05) is 11.3 Å². The van der Waals surface area contributed by atoms with Crippen molar-refractivity contribution in [3.8, 4) is 0 Å². The zero-order valence-corrected chi connectivity index (χ0v) is 9.86. The number of aromatic nitrogens is 3. The highest BCUT2D eigenvalue weighted by molar-refractivity contribution is 5.48. The van der Waals surface area contributed by atoms with Crippen LogP contribution in [0.3, 0.4) is 0 Å². The van der Waals surface area contributed by atoms with Gasteiger partial charge in [0.15, 0.2) is 0 Å². The van der Waals surface area contributed by atoms with Crippen LogP contribution in [0.5, 0.6) is 0 Å². The van der Waals surface area contributed by atoms with Crippen LogP contribution in [-0.2, 0) is 13.6 Å². The van der Waals surface area contributed by atoms with Crippen LogP contribution in [-0.4, -0.2) is 15.0 Å². The Kier molecular flexibility index (Phi) is 2.90. The zero-order chi connectivity index (χ0) is 11.5. The van der Waals surface area contributed by atoms with Gasteiger partial charge in [-0.15, -0.1) is 5.10 Å². The highest BCUT2D eigenvalue weighted by atomic mass is 15.4. The van der Waals surface area contributed by atoms with Crippen molar-refractivity contribution in [2.45, 2.75) is 20.4 Å². The number of nitrogens with zero attached hydrogens (tertiary/aromatic N) is 3. The van der Waals surface area contributed by atoms with Crippen LogP contribution in [0.2, 0.25) is 0 Å². The minimum atomic E-state index is 0.742. The van der Waals surface area contributed by atoms with Crippen LogP contribution in [0.1, 0.15) is 16.8 Å². The molecule has 0 aliphatic heterocycles. The molecule has 0 aliphatic rings. The summed E-state index contributed by atoms with van der Waals surface area (Å²) >= 11 is 0. The highest BCUT2D eigenvalue weighted by Crippen LogP contribution is 2.14. The van der Waals surface area contributed by atoms with Gasteiger partial charge >= 0.3 is 0 Å². The fourth-order valence-electron chi connectivity index (χ4n) is 1.51. The molecule has 0 bridgehead atoms. The van der Waals surface area contributed by atoms with E-state index in [4.69, 9.17) is 0 Å². The van der Waals surface area contributed by atoms with Gasteiger partial charge < -0.3 is 5.32 Å². The molecule has 0 aliphatic carbocycles. The Bertz CT molecular complexity index is 488. The van der Waals surface area contributed by atoms with Gasteiger partial charge in [0.1, 0.15) is 0 Å². The average molecular weight is 216 g/mol. The van der Waals surface area contributed by atoms with Crippen molar-refractivity contribution in [1.82, 2.24) is 15.0 Å². The van der Waals surface area contributed by atoms with Crippen molar-refractivity contribution in [1.29, 1.82) is 0 Å². The van der Waals surface area contributed by atoms with Crippen LogP contribution in [0.15, 0.2) is 24.4 Å². The first kappa shape index (κ1) is 10.7. The third-order valence-electron chi connectivity index (χ3n) is 2.79. The van der Waals surface area contributed by atoms with Gasteiger partial charge in [0.25, 0.3) is 0 Å². The normalized spacial score (nSPS) is 10.4. The van der Waals surface area contributed by atoms with E-state index >= 15 is 0 Å². The number of aryl methyl sites for hydroxylation is 3. The van der Waals surface area contributed by atoms with Crippen LogP contribution in [0.4, 0.5) is 5.69 Å². The molecule has 2 aromatic rings. The molecular formula is C12H16N4. The highest BCUT2D eigenvalue weighted by Gasteiger charge is 2.00. The molecule has 4 heteroatoms. The van der Waals surface area contributed by atoms with Crippen molar-refractivity contribution in [3.63, 3.8) is 0 Å². The predicted molar refractivity (Wildman–Crippen MR) is 64.2 cm³/mol. The van der Waals surface area contributed by atoms with Gasteiger partial charge in [-0.25, -0.2) is 0 Å². The lowest BCUT2D eigenvalue weighted by Gasteiger charge is -2.08. The number of benzene rings is 1. The lowest BCUT2D eigenvalue weighted by molar-refractivity contribution is 0.683. The number of rotatable bonds is 3. The summed E-state index contributed by atoms with van der Waals surface area (Å²) in [6, 6.07) is 6.37. The van der Waals surface area contributed by atoms with Crippen molar-refractivity contribution in [3.05, 3.63) is 41.2 Å². The molecule has 0 saturated carbocycles. The molecule has 0 spiro atoms. The molecule has 0 saturated heterocycles. The monoisotopic (exact) mass is 216 g/mol. The Morgan fingerprint density at radius 2 is 2.06 bits per heavy atom. The number of nitrogens with one attached hydrogen (secondary N) is 1. The van der Waals surface area contributed by atoms with Gasteiger partial charge in [0.2, 0.25) is 0 Å². The van der Waals surface area contributed by atoms with Gasteiger partial charge in [0, 0.05) is 12.7 Å². The van der Waals surface area contributed by atoms with E-state index < -0.39 is 0 Å². The second-order valence-electron chi connectivity index (χ2n) is 4.00. The minimum absolute atomic E-state index is 0.742. The lowest BCUT2D eigenvalue weighted by atomic mass is 10.1. The molecule has 1 aromatic heterocycles. The topological polar surface area (TPSA) is 42.7 Å². The Morgan fingerprint density at radius 1 is 1.25 bits per heavy atom. The van der Waals surface area contributed by atoms with Crippen molar-refractivity contribution < 1.29 is 0 Å². The molecule has 0 atom stereocenters. The summed E-state index contributed by atoms with van der Waals surface area (Å²) in [6.45, 7) is 4.97.